The van der Waals surface area contributed by atoms with Crippen LogP contribution in [-0.2, 0) is 0 Å². The number of hydrogen-bond donors (Lipinski definition) is 0. The van der Waals surface area contributed by atoms with Crippen LogP contribution in [0, 0.1) is 6.92 Å². The van der Waals surface area contributed by atoms with Gasteiger partial charge in [0, 0.05) is 12.8 Å². The van der Waals surface area contributed by atoms with Gasteiger partial charge in [-0.05, 0) is 6.92 Å². The summed E-state index contributed by atoms with van der Waals surface area (Å²) in [6.07, 6.45) is 1.97. The molecule has 0 saturated carbocycles. The fourth-order valence-corrected chi connectivity index (χ4v) is 0.819. The second-order valence-corrected chi connectivity index (χ2v) is 1.97. The lowest BCUT2D eigenvalue weighted by molar-refractivity contribution is 0.794. The van der Waals surface area contributed by atoms with Gasteiger partial charge in [-0.3, -0.25) is 0 Å². The molecule has 0 heterocycles. The van der Waals surface area contributed by atoms with Gasteiger partial charge in [0.15, 0.2) is 0 Å². The normalized spacial score (nSPS) is 8.29. The summed E-state index contributed by atoms with van der Waals surface area (Å²) in [4.78, 5) is 0. The third kappa shape index (κ3) is 2.88. The summed E-state index contributed by atoms with van der Waals surface area (Å²) >= 11 is 6.19. The Morgan fingerprint density at radius 1 is 2.00 bits per heavy atom. The number of hydrogen-bond acceptors (Lipinski definition) is 2. The van der Waals surface area contributed by atoms with Crippen molar-refractivity contribution >= 4 is 29.7 Å². The zero-order valence-electron chi connectivity index (χ0n) is 4.26. The lowest BCUT2D eigenvalue weighted by Crippen LogP contribution is -2.09. The largest absolute Gasteiger partial charge is 0.313 e. The monoisotopic (exact) mass is 134 g/mol. The van der Waals surface area contributed by atoms with Crippen molar-refractivity contribution in [1.82, 2.24) is 4.31 Å². The highest BCUT2D eigenvalue weighted by Crippen LogP contribution is 1.98. The Kier molecular flexibility index (Phi) is 4.55. The van der Waals surface area contributed by atoms with Gasteiger partial charge < -0.3 is 4.31 Å². The molecule has 0 amide bonds. The molecule has 1 radical (unpaired) electrons. The molecule has 0 atom stereocenters. The van der Waals surface area contributed by atoms with E-state index in [4.69, 9.17) is 0 Å². The van der Waals surface area contributed by atoms with Crippen molar-refractivity contribution in [2.24, 2.45) is 0 Å². The molecule has 0 spiro atoms. The van der Waals surface area contributed by atoms with E-state index in [1.165, 1.54) is 0 Å². The van der Waals surface area contributed by atoms with E-state index in [-0.39, 0.29) is 0 Å². The highest BCUT2D eigenvalue weighted by atomic mass is 32.2. The molecule has 7 heavy (non-hydrogen) atoms. The summed E-state index contributed by atoms with van der Waals surface area (Å²) in [7, 11) is 0. The van der Waals surface area contributed by atoms with Gasteiger partial charge in [0.1, 0.15) is 0 Å². The van der Waals surface area contributed by atoms with Crippen LogP contribution < -0.4 is 0 Å². The van der Waals surface area contributed by atoms with Gasteiger partial charge in [0.2, 0.25) is 0 Å². The van der Waals surface area contributed by atoms with Crippen LogP contribution in [0.5, 0.6) is 0 Å². The van der Waals surface area contributed by atoms with E-state index in [1.54, 1.807) is 17.4 Å². The van der Waals surface area contributed by atoms with Crippen molar-refractivity contribution in [2.45, 2.75) is 0 Å². The van der Waals surface area contributed by atoms with Crippen LogP contribution in [0.3, 0.4) is 0 Å². The lowest BCUT2D eigenvalue weighted by atomic mass is 10.8. The first kappa shape index (κ1) is 7.24. The quantitative estimate of drug-likeness (QED) is 0.424. The molecule has 0 fully saturated rings. The Bertz CT molecular complexity index is 51.7. The van der Waals surface area contributed by atoms with E-state index in [0.29, 0.717) is 0 Å². The Labute approximate surface area is 54.2 Å². The minimum absolute atomic E-state index is 0.741. The van der Waals surface area contributed by atoms with E-state index in [0.717, 1.165) is 6.54 Å². The molecular weight excluding hydrogens is 126 g/mol. The Balaban J connectivity index is 3.16. The molecule has 0 rings (SSSR count). The maximum atomic E-state index is 4.61. The highest BCUT2D eigenvalue weighted by Gasteiger charge is 1.86. The Morgan fingerprint density at radius 3 is 2.57 bits per heavy atom. The highest BCUT2D eigenvalue weighted by molar-refractivity contribution is 7.97. The summed E-state index contributed by atoms with van der Waals surface area (Å²) in [6, 6.07) is 0. The summed E-state index contributed by atoms with van der Waals surface area (Å²) in [5.74, 6) is 0. The molecule has 1 nitrogen and oxygen atoms in total. The third-order valence-corrected chi connectivity index (χ3v) is 1.72. The molecule has 0 N–H and O–H groups in total. The van der Waals surface area contributed by atoms with Crippen LogP contribution in [0.25, 0.3) is 0 Å². The summed E-state index contributed by atoms with van der Waals surface area (Å²) in [6.45, 7) is 4.38. The van der Waals surface area contributed by atoms with Crippen molar-refractivity contribution in [3.8, 4) is 0 Å². The molecule has 0 saturated heterocycles. The van der Waals surface area contributed by atoms with Crippen LogP contribution in [-0.4, -0.2) is 22.6 Å². The molecule has 0 aliphatic heterocycles. The summed E-state index contributed by atoms with van der Waals surface area (Å²) < 4.78 is 1.87. The molecule has 0 aromatic heterocycles. The Morgan fingerprint density at radius 2 is 2.57 bits per heavy atom. The first-order chi connectivity index (χ1) is 3.35. The third-order valence-electron chi connectivity index (χ3n) is 0.572. The van der Waals surface area contributed by atoms with Crippen LogP contribution in [0.1, 0.15) is 0 Å². The minimum Gasteiger partial charge on any atom is -0.313 e. The van der Waals surface area contributed by atoms with Gasteiger partial charge >= 0.3 is 0 Å². The number of nitrogens with zero attached hydrogens (tertiary/aromatic N) is 1. The first-order valence-corrected chi connectivity index (χ1v) is 3.55. The van der Waals surface area contributed by atoms with Crippen LogP contribution in [0.15, 0.2) is 0 Å². The van der Waals surface area contributed by atoms with Gasteiger partial charge in [0.25, 0.3) is 0 Å². The Hall–Kier alpha value is 0.240. The average Bonchev–Trinajstić information content (AvgIpc) is 1.72. The molecule has 41 valence electrons. The van der Waals surface area contributed by atoms with Gasteiger partial charge in [-0.1, -0.05) is 24.2 Å². The molecule has 3 heteroatoms. The topological polar surface area (TPSA) is 3.24 Å². The smallest absolute Gasteiger partial charge is 0.0740 e. The molecule has 0 aromatic carbocycles. The predicted molar refractivity (Wildman–Crippen MR) is 39.2 cm³/mol. The van der Waals surface area contributed by atoms with E-state index in [1.807, 2.05) is 10.6 Å². The maximum Gasteiger partial charge on any atom is 0.0740 e. The minimum atomic E-state index is 0.741. The standard InChI is InChI=1S/C4H8NS2/c1-3-5(4-6)7-2/h4H,1,3H2,2H3. The summed E-state index contributed by atoms with van der Waals surface area (Å²) in [5, 5.41) is 0. The molecule has 0 aromatic rings. The van der Waals surface area contributed by atoms with Crippen molar-refractivity contribution in [2.75, 3.05) is 12.8 Å². The second kappa shape index (κ2) is 4.40. The molecular formula is C4H8NS2. The van der Waals surface area contributed by atoms with Crippen LogP contribution >= 0.6 is 24.2 Å². The van der Waals surface area contributed by atoms with Gasteiger partial charge in [-0.15, -0.1) is 0 Å². The maximum absolute atomic E-state index is 4.61. The molecule has 0 aliphatic carbocycles. The first-order valence-electron chi connectivity index (χ1n) is 1.90. The van der Waals surface area contributed by atoms with E-state index in [2.05, 4.69) is 19.1 Å². The second-order valence-electron chi connectivity index (χ2n) is 0.929. The fourth-order valence-electron chi connectivity index (χ4n) is 0.187. The SMILES string of the molecule is [CH2]CN(C=S)SC. The van der Waals surface area contributed by atoms with E-state index < -0.39 is 0 Å². The molecule has 0 aliphatic rings. The van der Waals surface area contributed by atoms with E-state index in [9.17, 15) is 0 Å². The van der Waals surface area contributed by atoms with Crippen molar-refractivity contribution in [1.29, 1.82) is 0 Å². The summed E-state index contributed by atoms with van der Waals surface area (Å²) in [5.41, 5.74) is 1.59. The number of rotatable bonds is 3. The van der Waals surface area contributed by atoms with Crippen molar-refractivity contribution in [3.05, 3.63) is 6.92 Å². The average molecular weight is 134 g/mol. The fraction of sp³-hybridized carbons (Fsp3) is 0.500. The van der Waals surface area contributed by atoms with Crippen LogP contribution in [0.4, 0.5) is 0 Å². The number of thiocarbonyl (C=S) groups is 1. The lowest BCUT2D eigenvalue weighted by Gasteiger charge is -2.09. The van der Waals surface area contributed by atoms with Gasteiger partial charge in [-0.25, -0.2) is 0 Å². The van der Waals surface area contributed by atoms with Crippen molar-refractivity contribution in [3.63, 3.8) is 0 Å². The zero-order chi connectivity index (χ0) is 5.70. The van der Waals surface area contributed by atoms with E-state index >= 15 is 0 Å². The predicted octanol–water partition coefficient (Wildman–Crippen LogP) is 1.36. The van der Waals surface area contributed by atoms with Gasteiger partial charge in [-0.2, -0.15) is 0 Å². The zero-order valence-corrected chi connectivity index (χ0v) is 5.89. The van der Waals surface area contributed by atoms with Crippen molar-refractivity contribution < 1.29 is 0 Å². The van der Waals surface area contributed by atoms with Gasteiger partial charge in [0.05, 0.1) is 5.49 Å². The van der Waals surface area contributed by atoms with Crippen LogP contribution in [0.2, 0.25) is 0 Å². The molecule has 0 unspecified atom stereocenters. The molecule has 0 bridgehead atoms.